The van der Waals surface area contributed by atoms with Gasteiger partial charge in [0.15, 0.2) is 12.4 Å². The van der Waals surface area contributed by atoms with E-state index in [-0.39, 0.29) is 19.0 Å². The van der Waals surface area contributed by atoms with Gasteiger partial charge in [-0.25, -0.2) is 9.48 Å². The van der Waals surface area contributed by atoms with E-state index in [9.17, 15) is 9.59 Å². The smallest absolute Gasteiger partial charge is 0.344 e. The van der Waals surface area contributed by atoms with Crippen molar-refractivity contribution in [3.05, 3.63) is 76.6 Å². The number of esters is 1. The van der Waals surface area contributed by atoms with Crippen molar-refractivity contribution < 1.29 is 19.1 Å². The van der Waals surface area contributed by atoms with Crippen LogP contribution in [0.4, 0.5) is 0 Å². The molecule has 0 unspecified atom stereocenters. The lowest BCUT2D eigenvalue weighted by Crippen LogP contribution is -2.15. The molecule has 0 aliphatic heterocycles. The number of halogens is 1. The molecule has 0 amide bonds. The summed E-state index contributed by atoms with van der Waals surface area (Å²) in [6.45, 7) is 3.37. The Morgan fingerprint density at radius 1 is 1.07 bits per heavy atom. The molecule has 29 heavy (non-hydrogen) atoms. The topological polar surface area (TPSA) is 70.4 Å². The molecule has 1 heterocycles. The van der Waals surface area contributed by atoms with Crippen LogP contribution in [0.3, 0.4) is 0 Å². The Morgan fingerprint density at radius 3 is 2.41 bits per heavy atom. The number of benzene rings is 2. The third kappa shape index (κ3) is 5.03. The van der Waals surface area contributed by atoms with Gasteiger partial charge < -0.3 is 9.47 Å². The largest absolute Gasteiger partial charge is 0.482 e. The van der Waals surface area contributed by atoms with Crippen molar-refractivity contribution in [3.63, 3.8) is 0 Å². The minimum atomic E-state index is -0.526. The highest BCUT2D eigenvalue weighted by molar-refractivity contribution is 6.30. The molecular weight excluding hydrogens is 392 g/mol. The van der Waals surface area contributed by atoms with Gasteiger partial charge in [0.25, 0.3) is 0 Å². The second-order valence-electron chi connectivity index (χ2n) is 6.35. The van der Waals surface area contributed by atoms with Crippen LogP contribution < -0.4 is 4.74 Å². The fraction of sp³-hybridized carbons (Fsp3) is 0.227. The highest BCUT2D eigenvalue weighted by Crippen LogP contribution is 2.24. The van der Waals surface area contributed by atoms with Gasteiger partial charge in [0.2, 0.25) is 0 Å². The van der Waals surface area contributed by atoms with Crippen molar-refractivity contribution in [1.29, 1.82) is 0 Å². The molecule has 0 fully saturated rings. The zero-order chi connectivity index (χ0) is 20.8. The monoisotopic (exact) mass is 412 g/mol. The second-order valence-corrected chi connectivity index (χ2v) is 6.71. The first-order valence-electron chi connectivity index (χ1n) is 9.20. The predicted molar refractivity (Wildman–Crippen MR) is 110 cm³/mol. The van der Waals surface area contributed by atoms with Crippen LogP contribution in [0.2, 0.25) is 5.15 Å². The minimum Gasteiger partial charge on any atom is -0.482 e. The van der Waals surface area contributed by atoms with Crippen LogP contribution in [0.5, 0.6) is 5.75 Å². The number of ether oxygens (including phenoxy) is 2. The van der Waals surface area contributed by atoms with E-state index in [4.69, 9.17) is 21.1 Å². The molecular formula is C22H21ClN2O4. The van der Waals surface area contributed by atoms with Gasteiger partial charge in [-0.1, -0.05) is 36.7 Å². The first kappa shape index (κ1) is 20.6. The van der Waals surface area contributed by atoms with E-state index in [1.165, 1.54) is 0 Å². The summed E-state index contributed by atoms with van der Waals surface area (Å²) >= 11 is 6.42. The minimum absolute atomic E-state index is 0.00360. The average molecular weight is 413 g/mol. The van der Waals surface area contributed by atoms with E-state index in [1.54, 1.807) is 35.9 Å². The number of rotatable bonds is 8. The quantitative estimate of drug-likeness (QED) is 0.401. The summed E-state index contributed by atoms with van der Waals surface area (Å²) in [6.07, 6.45) is 0.440. The molecule has 0 aliphatic rings. The number of ketones is 1. The Labute approximate surface area is 174 Å². The summed E-state index contributed by atoms with van der Waals surface area (Å²) in [5.74, 6) is 0.0154. The lowest BCUT2D eigenvalue weighted by molar-refractivity contribution is -0.147. The third-order valence-electron chi connectivity index (χ3n) is 4.35. The zero-order valence-electron chi connectivity index (χ0n) is 16.2. The van der Waals surface area contributed by atoms with Crippen molar-refractivity contribution in [2.75, 3.05) is 6.61 Å². The van der Waals surface area contributed by atoms with E-state index < -0.39 is 5.97 Å². The Kier molecular flexibility index (Phi) is 6.67. The molecule has 0 radical (unpaired) electrons. The van der Waals surface area contributed by atoms with E-state index in [1.807, 2.05) is 37.3 Å². The molecule has 150 valence electrons. The molecule has 2 aromatic carbocycles. The molecule has 6 nitrogen and oxygen atoms in total. The molecule has 0 saturated heterocycles. The maximum absolute atomic E-state index is 12.0. The van der Waals surface area contributed by atoms with Gasteiger partial charge in [0.05, 0.1) is 11.4 Å². The number of para-hydroxylation sites is 1. The SMILES string of the molecule is CCC(=O)c1ccc(OCC(=O)OCc2c(C)nn(-c3ccccc3)c2Cl)cc1. The Hall–Kier alpha value is -3.12. The van der Waals surface area contributed by atoms with Crippen LogP contribution in [0.25, 0.3) is 5.69 Å². The fourth-order valence-corrected chi connectivity index (χ4v) is 3.04. The molecule has 0 spiro atoms. The normalized spacial score (nSPS) is 10.6. The van der Waals surface area contributed by atoms with Gasteiger partial charge in [0, 0.05) is 17.5 Å². The summed E-state index contributed by atoms with van der Waals surface area (Å²) in [5.41, 5.74) is 2.77. The summed E-state index contributed by atoms with van der Waals surface area (Å²) < 4.78 is 12.3. The summed E-state index contributed by atoms with van der Waals surface area (Å²) in [6, 6.07) is 16.1. The van der Waals surface area contributed by atoms with Crippen molar-refractivity contribution in [3.8, 4) is 11.4 Å². The number of carbonyl (C=O) groups is 2. The lowest BCUT2D eigenvalue weighted by atomic mass is 10.1. The van der Waals surface area contributed by atoms with Gasteiger partial charge in [-0.3, -0.25) is 4.79 Å². The molecule has 0 bridgehead atoms. The van der Waals surface area contributed by atoms with E-state index in [0.717, 1.165) is 5.69 Å². The third-order valence-corrected chi connectivity index (χ3v) is 4.74. The number of aryl methyl sites for hydroxylation is 1. The average Bonchev–Trinajstić information content (AvgIpc) is 3.04. The maximum Gasteiger partial charge on any atom is 0.344 e. The second kappa shape index (κ2) is 9.39. The number of hydrogen-bond donors (Lipinski definition) is 0. The van der Waals surface area contributed by atoms with Crippen LogP contribution in [-0.2, 0) is 16.1 Å². The van der Waals surface area contributed by atoms with Crippen molar-refractivity contribution >= 4 is 23.4 Å². The number of Topliss-reactive ketones (excluding diaryl/α,β-unsaturated/α-hetero) is 1. The van der Waals surface area contributed by atoms with Crippen LogP contribution in [0.15, 0.2) is 54.6 Å². The highest BCUT2D eigenvalue weighted by atomic mass is 35.5. The predicted octanol–water partition coefficient (Wildman–Crippen LogP) is 4.55. The Bertz CT molecular complexity index is 998. The summed E-state index contributed by atoms with van der Waals surface area (Å²) in [5, 5.41) is 4.82. The molecule has 3 rings (SSSR count). The standard InChI is InChI=1S/C22H21ClN2O4/c1-3-20(26)16-9-11-18(12-10-16)28-14-21(27)29-13-19-15(2)24-25(22(19)23)17-7-5-4-6-8-17/h4-12H,3,13-14H2,1-2H3. The van der Waals surface area contributed by atoms with Crippen molar-refractivity contribution in [2.45, 2.75) is 26.9 Å². The van der Waals surface area contributed by atoms with Gasteiger partial charge in [0.1, 0.15) is 17.5 Å². The number of carbonyl (C=O) groups excluding carboxylic acids is 2. The van der Waals surface area contributed by atoms with Crippen LogP contribution in [0.1, 0.15) is 35.0 Å². The molecule has 3 aromatic rings. The van der Waals surface area contributed by atoms with E-state index in [0.29, 0.717) is 34.1 Å². The van der Waals surface area contributed by atoms with Gasteiger partial charge >= 0.3 is 5.97 Å². The first-order valence-corrected chi connectivity index (χ1v) is 9.58. The van der Waals surface area contributed by atoms with Crippen LogP contribution >= 0.6 is 11.6 Å². The molecule has 0 atom stereocenters. The van der Waals surface area contributed by atoms with Crippen molar-refractivity contribution in [2.24, 2.45) is 0 Å². The van der Waals surface area contributed by atoms with Crippen LogP contribution in [0, 0.1) is 6.92 Å². The molecule has 0 aliphatic carbocycles. The number of nitrogens with zero attached hydrogens (tertiary/aromatic N) is 2. The number of aromatic nitrogens is 2. The summed E-state index contributed by atoms with van der Waals surface area (Å²) in [4.78, 5) is 23.7. The highest BCUT2D eigenvalue weighted by Gasteiger charge is 2.16. The fourth-order valence-electron chi connectivity index (χ4n) is 2.71. The Morgan fingerprint density at radius 2 is 1.76 bits per heavy atom. The Balaban J connectivity index is 1.56. The van der Waals surface area contributed by atoms with Gasteiger partial charge in [-0.2, -0.15) is 5.10 Å². The maximum atomic E-state index is 12.0. The molecule has 0 saturated carbocycles. The number of hydrogen-bond acceptors (Lipinski definition) is 5. The molecule has 7 heteroatoms. The van der Waals surface area contributed by atoms with Crippen molar-refractivity contribution in [1.82, 2.24) is 9.78 Å². The first-order chi connectivity index (χ1) is 14.0. The van der Waals surface area contributed by atoms with Gasteiger partial charge in [-0.05, 0) is 43.3 Å². The zero-order valence-corrected chi connectivity index (χ0v) is 17.0. The van der Waals surface area contributed by atoms with E-state index >= 15 is 0 Å². The molecule has 1 aromatic heterocycles. The lowest BCUT2D eigenvalue weighted by Gasteiger charge is -2.08. The van der Waals surface area contributed by atoms with E-state index in [2.05, 4.69) is 5.10 Å². The summed E-state index contributed by atoms with van der Waals surface area (Å²) in [7, 11) is 0. The van der Waals surface area contributed by atoms with Gasteiger partial charge in [-0.15, -0.1) is 0 Å². The molecule has 0 N–H and O–H groups in total. The van der Waals surface area contributed by atoms with Crippen LogP contribution in [-0.4, -0.2) is 28.1 Å².